The van der Waals surface area contributed by atoms with Gasteiger partial charge in [0.25, 0.3) is 5.72 Å². The first kappa shape index (κ1) is 14.8. The molecule has 2 fully saturated rings. The third-order valence-corrected chi connectivity index (χ3v) is 5.55. The Hall–Kier alpha value is -0.740. The number of quaternary nitrogens is 1. The summed E-state index contributed by atoms with van der Waals surface area (Å²) in [5.74, 6) is 0.788. The summed E-state index contributed by atoms with van der Waals surface area (Å²) in [4.78, 5) is 1.47. The summed E-state index contributed by atoms with van der Waals surface area (Å²) in [6.45, 7) is 3.57. The number of hydrogen-bond acceptors (Lipinski definition) is 2. The summed E-state index contributed by atoms with van der Waals surface area (Å²) < 4.78 is 12.1. The second-order valence-electron chi connectivity index (χ2n) is 6.33. The van der Waals surface area contributed by atoms with Gasteiger partial charge >= 0.3 is 0 Å². The van der Waals surface area contributed by atoms with Crippen molar-refractivity contribution < 1.29 is 14.4 Å². The number of fused-ring (bicyclic) bond motifs is 2. The van der Waals surface area contributed by atoms with Crippen LogP contribution in [-0.4, -0.2) is 32.0 Å². The molecule has 2 aliphatic heterocycles. The molecule has 1 saturated heterocycles. The fourth-order valence-corrected chi connectivity index (χ4v) is 4.56. The summed E-state index contributed by atoms with van der Waals surface area (Å²) in [6.07, 6.45) is 6.82. The predicted molar refractivity (Wildman–Crippen MR) is 87.8 cm³/mol. The molecule has 1 saturated carbocycles. The van der Waals surface area contributed by atoms with Gasteiger partial charge in [0.15, 0.2) is 5.75 Å². The molecule has 0 bridgehead atoms. The summed E-state index contributed by atoms with van der Waals surface area (Å²) in [6, 6.07) is 3.72. The minimum atomic E-state index is -0.257. The van der Waals surface area contributed by atoms with Crippen molar-refractivity contribution in [2.45, 2.75) is 31.4 Å². The third-order valence-electron chi connectivity index (χ3n) is 5.05. The fourth-order valence-electron chi connectivity index (χ4n) is 4.01. The zero-order valence-corrected chi connectivity index (χ0v) is 14.0. The van der Waals surface area contributed by atoms with Crippen LogP contribution in [0.4, 0.5) is 0 Å². The Morgan fingerprint density at radius 3 is 2.73 bits per heavy atom. The van der Waals surface area contributed by atoms with E-state index in [9.17, 15) is 0 Å². The molecular weight excluding hydrogens is 321 g/mol. The van der Waals surface area contributed by atoms with E-state index in [1.165, 1.54) is 23.3 Å². The van der Waals surface area contributed by atoms with Gasteiger partial charge in [-0.25, -0.2) is 0 Å². The van der Waals surface area contributed by atoms with Crippen LogP contribution in [0.15, 0.2) is 17.7 Å². The van der Waals surface area contributed by atoms with Gasteiger partial charge in [-0.3, -0.25) is 4.90 Å². The van der Waals surface area contributed by atoms with Crippen LogP contribution >= 0.6 is 23.2 Å². The number of rotatable bonds is 1. The fraction of sp³-hybridized carbons (Fsp3) is 0.529. The van der Waals surface area contributed by atoms with Crippen molar-refractivity contribution >= 4 is 29.3 Å². The Morgan fingerprint density at radius 2 is 1.91 bits per heavy atom. The van der Waals surface area contributed by atoms with E-state index in [4.69, 9.17) is 32.7 Å². The topological polar surface area (TPSA) is 22.9 Å². The van der Waals surface area contributed by atoms with Gasteiger partial charge in [0, 0.05) is 22.6 Å². The summed E-state index contributed by atoms with van der Waals surface area (Å²) in [5.41, 5.74) is 2.14. The Bertz CT molecular complexity index is 625. The Labute approximate surface area is 140 Å². The van der Waals surface area contributed by atoms with Gasteiger partial charge in [-0.1, -0.05) is 23.2 Å². The number of halogens is 2. The molecular formula is C17H20Cl2NO2+. The average Bonchev–Trinajstić information content (AvgIpc) is 2.54. The van der Waals surface area contributed by atoms with Gasteiger partial charge in [-0.05, 0) is 37.5 Å². The lowest BCUT2D eigenvalue weighted by molar-refractivity contribution is -0.975. The molecule has 1 aromatic rings. The predicted octanol–water partition coefficient (Wildman–Crippen LogP) is 2.95. The molecule has 1 aromatic carbocycles. The SMILES string of the molecule is Clc1cc(Cl)c2c(c1)C=C1CCCCC1([NH+]1CCOCC1)O2. The van der Waals surface area contributed by atoms with Crippen LogP contribution < -0.4 is 9.64 Å². The van der Waals surface area contributed by atoms with Gasteiger partial charge in [0.2, 0.25) is 0 Å². The van der Waals surface area contributed by atoms with E-state index in [1.807, 2.05) is 6.07 Å². The van der Waals surface area contributed by atoms with Crippen molar-refractivity contribution in [2.24, 2.45) is 0 Å². The van der Waals surface area contributed by atoms with E-state index in [0.717, 1.165) is 50.5 Å². The van der Waals surface area contributed by atoms with E-state index in [1.54, 1.807) is 6.07 Å². The van der Waals surface area contributed by atoms with E-state index in [0.29, 0.717) is 10.0 Å². The van der Waals surface area contributed by atoms with Crippen molar-refractivity contribution in [3.8, 4) is 5.75 Å². The summed E-state index contributed by atoms with van der Waals surface area (Å²) in [5, 5.41) is 1.27. The molecule has 4 rings (SSSR count). The van der Waals surface area contributed by atoms with E-state index >= 15 is 0 Å². The monoisotopic (exact) mass is 340 g/mol. The highest BCUT2D eigenvalue weighted by Gasteiger charge is 2.50. The molecule has 1 N–H and O–H groups in total. The lowest BCUT2D eigenvalue weighted by Crippen LogP contribution is -3.23. The van der Waals surface area contributed by atoms with Crippen LogP contribution in [-0.2, 0) is 4.74 Å². The van der Waals surface area contributed by atoms with E-state index in [2.05, 4.69) is 6.08 Å². The minimum absolute atomic E-state index is 0.257. The van der Waals surface area contributed by atoms with Crippen molar-refractivity contribution in [1.82, 2.24) is 0 Å². The standard InChI is InChI=1S/C17H19Cl2NO2/c18-14-10-12-9-13-3-1-2-4-17(13,20-5-7-21-8-6-20)22-16(12)15(19)11-14/h9-11H,1-8H2/p+1. The van der Waals surface area contributed by atoms with Gasteiger partial charge in [0.05, 0.1) is 18.2 Å². The van der Waals surface area contributed by atoms with Crippen LogP contribution in [0.5, 0.6) is 5.75 Å². The number of hydrogen-bond donors (Lipinski definition) is 1. The first-order valence-corrected chi connectivity index (χ1v) is 8.77. The quantitative estimate of drug-likeness (QED) is 0.849. The second kappa shape index (κ2) is 5.72. The molecule has 3 nitrogen and oxygen atoms in total. The number of morpholine rings is 1. The zero-order chi connectivity index (χ0) is 15.2. The van der Waals surface area contributed by atoms with Crippen molar-refractivity contribution in [1.29, 1.82) is 0 Å². The number of nitrogens with one attached hydrogen (secondary N) is 1. The largest absolute Gasteiger partial charge is 0.434 e. The highest BCUT2D eigenvalue weighted by atomic mass is 35.5. The Morgan fingerprint density at radius 1 is 1.09 bits per heavy atom. The van der Waals surface area contributed by atoms with Crippen molar-refractivity contribution in [3.63, 3.8) is 0 Å². The second-order valence-corrected chi connectivity index (χ2v) is 7.17. The van der Waals surface area contributed by atoms with Crippen LogP contribution in [0.25, 0.3) is 6.08 Å². The average molecular weight is 341 g/mol. The molecule has 0 radical (unpaired) electrons. The number of ether oxygens (including phenoxy) is 2. The van der Waals surface area contributed by atoms with Crippen LogP contribution in [0.1, 0.15) is 31.2 Å². The first-order valence-electron chi connectivity index (χ1n) is 8.01. The molecule has 5 heteroatoms. The maximum atomic E-state index is 6.60. The molecule has 1 atom stereocenters. The summed E-state index contributed by atoms with van der Waals surface area (Å²) in [7, 11) is 0. The molecule has 22 heavy (non-hydrogen) atoms. The van der Waals surface area contributed by atoms with Gasteiger partial charge < -0.3 is 9.47 Å². The molecule has 1 unspecified atom stereocenters. The molecule has 2 heterocycles. The molecule has 0 aromatic heterocycles. The normalized spacial score (nSPS) is 28.4. The molecule has 1 aliphatic carbocycles. The van der Waals surface area contributed by atoms with Crippen LogP contribution in [0.2, 0.25) is 10.0 Å². The lowest BCUT2D eigenvalue weighted by atomic mass is 9.82. The maximum Gasteiger partial charge on any atom is 0.264 e. The molecule has 0 amide bonds. The van der Waals surface area contributed by atoms with Gasteiger partial charge in [-0.15, -0.1) is 0 Å². The van der Waals surface area contributed by atoms with Crippen LogP contribution in [0, 0.1) is 0 Å². The van der Waals surface area contributed by atoms with Crippen LogP contribution in [0.3, 0.4) is 0 Å². The molecule has 118 valence electrons. The third kappa shape index (κ3) is 2.35. The minimum Gasteiger partial charge on any atom is -0.434 e. The highest BCUT2D eigenvalue weighted by molar-refractivity contribution is 6.36. The van der Waals surface area contributed by atoms with Gasteiger partial charge in [-0.2, -0.15) is 0 Å². The molecule has 3 aliphatic rings. The smallest absolute Gasteiger partial charge is 0.264 e. The Kier molecular flexibility index (Phi) is 3.85. The van der Waals surface area contributed by atoms with E-state index < -0.39 is 0 Å². The first-order chi connectivity index (χ1) is 10.7. The van der Waals surface area contributed by atoms with Crippen molar-refractivity contribution in [2.75, 3.05) is 26.3 Å². The van der Waals surface area contributed by atoms with E-state index in [-0.39, 0.29) is 5.72 Å². The zero-order valence-electron chi connectivity index (χ0n) is 12.5. The Balaban J connectivity index is 1.80. The number of benzene rings is 1. The lowest BCUT2D eigenvalue weighted by Gasteiger charge is -2.47. The van der Waals surface area contributed by atoms with Gasteiger partial charge in [0.1, 0.15) is 13.1 Å². The highest BCUT2D eigenvalue weighted by Crippen LogP contribution is 2.44. The molecule has 0 spiro atoms. The van der Waals surface area contributed by atoms with Crippen molar-refractivity contribution in [3.05, 3.63) is 33.3 Å². The maximum absolute atomic E-state index is 6.60. The summed E-state index contributed by atoms with van der Waals surface area (Å²) >= 11 is 12.6.